The molecule has 0 atom stereocenters. The van der Waals surface area contributed by atoms with Gasteiger partial charge in [0.1, 0.15) is 5.69 Å². The van der Waals surface area contributed by atoms with Crippen LogP contribution in [0.25, 0.3) is 22.3 Å². The number of aromatic amines is 2. The van der Waals surface area contributed by atoms with Gasteiger partial charge in [0, 0.05) is 55.7 Å². The molecule has 4 heterocycles. The lowest BCUT2D eigenvalue weighted by molar-refractivity contribution is -0.127. The lowest BCUT2D eigenvalue weighted by Crippen LogP contribution is -2.52. The predicted molar refractivity (Wildman–Crippen MR) is 122 cm³/mol. The average molecular weight is 442 g/mol. The quantitative estimate of drug-likeness (QED) is 0.372. The van der Waals surface area contributed by atoms with E-state index in [1.54, 1.807) is 41.7 Å². The molecule has 0 spiro atoms. The minimum Gasteiger partial charge on any atom is -0.359 e. The number of fused-ring (bicyclic) bond motifs is 1. The summed E-state index contributed by atoms with van der Waals surface area (Å²) in [4.78, 5) is 49.7. The van der Waals surface area contributed by atoms with Gasteiger partial charge in [-0.2, -0.15) is 5.10 Å². The molecule has 0 radical (unpaired) electrons. The van der Waals surface area contributed by atoms with Gasteiger partial charge in [0.25, 0.3) is 17.6 Å². The maximum absolute atomic E-state index is 13.2. The molecular weight excluding hydrogens is 420 g/mol. The summed E-state index contributed by atoms with van der Waals surface area (Å²) in [5, 5.41) is 7.51. The van der Waals surface area contributed by atoms with Crippen molar-refractivity contribution in [2.75, 3.05) is 26.2 Å². The van der Waals surface area contributed by atoms with Crippen LogP contribution in [0.5, 0.6) is 0 Å². The Hall–Kier alpha value is -4.27. The second-order valence-electron chi connectivity index (χ2n) is 7.99. The predicted octanol–water partition coefficient (Wildman–Crippen LogP) is 2.43. The zero-order chi connectivity index (χ0) is 22.9. The minimum absolute atomic E-state index is 0.0693. The van der Waals surface area contributed by atoms with Crippen LogP contribution < -0.4 is 0 Å². The van der Waals surface area contributed by atoms with Gasteiger partial charge in [0.15, 0.2) is 0 Å². The number of aromatic nitrogens is 4. The van der Waals surface area contributed by atoms with Crippen LogP contribution in [0.15, 0.2) is 55.0 Å². The molecule has 1 saturated heterocycles. The Bertz CT molecular complexity index is 1340. The Morgan fingerprint density at radius 3 is 2.39 bits per heavy atom. The second kappa shape index (κ2) is 8.34. The maximum atomic E-state index is 13.2. The SMILES string of the molecule is Cc1cnc(-c2ccn[nH]2)c2[nH]cc(C(=O)C(=O)N3CCN(C(=O)c4ccccc4)CC3)c12. The highest BCUT2D eigenvalue weighted by molar-refractivity contribution is 6.45. The molecule has 2 amide bonds. The van der Waals surface area contributed by atoms with Crippen molar-refractivity contribution in [1.29, 1.82) is 0 Å². The molecule has 33 heavy (non-hydrogen) atoms. The van der Waals surface area contributed by atoms with E-state index in [9.17, 15) is 14.4 Å². The first-order chi connectivity index (χ1) is 16.0. The smallest absolute Gasteiger partial charge is 0.295 e. The molecule has 1 fully saturated rings. The lowest BCUT2D eigenvalue weighted by atomic mass is 10.0. The van der Waals surface area contributed by atoms with E-state index in [0.29, 0.717) is 59.6 Å². The molecule has 0 saturated carbocycles. The van der Waals surface area contributed by atoms with E-state index in [0.717, 1.165) is 5.56 Å². The molecule has 9 heteroatoms. The van der Waals surface area contributed by atoms with Gasteiger partial charge in [0.2, 0.25) is 0 Å². The van der Waals surface area contributed by atoms with Gasteiger partial charge in [-0.25, -0.2) is 0 Å². The number of carbonyl (C=O) groups excluding carboxylic acids is 3. The Kier molecular flexibility index (Phi) is 5.21. The fourth-order valence-electron chi connectivity index (χ4n) is 4.22. The number of nitrogens with zero attached hydrogens (tertiary/aromatic N) is 4. The van der Waals surface area contributed by atoms with Crippen LogP contribution >= 0.6 is 0 Å². The van der Waals surface area contributed by atoms with Crippen molar-refractivity contribution in [3.05, 3.63) is 71.7 Å². The van der Waals surface area contributed by atoms with Crippen molar-refractivity contribution in [3.63, 3.8) is 0 Å². The summed E-state index contributed by atoms with van der Waals surface area (Å²) in [7, 11) is 0. The van der Waals surface area contributed by atoms with Crippen molar-refractivity contribution in [2.24, 2.45) is 0 Å². The molecule has 5 rings (SSSR count). The summed E-state index contributed by atoms with van der Waals surface area (Å²) in [5.41, 5.74) is 3.75. The molecule has 1 aromatic carbocycles. The molecule has 1 aliphatic heterocycles. The summed E-state index contributed by atoms with van der Waals surface area (Å²) in [6, 6.07) is 10.8. The monoisotopic (exact) mass is 442 g/mol. The van der Waals surface area contributed by atoms with Crippen LogP contribution in [0.3, 0.4) is 0 Å². The first kappa shape index (κ1) is 20.6. The van der Waals surface area contributed by atoms with Gasteiger partial charge in [-0.15, -0.1) is 0 Å². The van der Waals surface area contributed by atoms with Crippen molar-refractivity contribution in [2.45, 2.75) is 6.92 Å². The highest BCUT2D eigenvalue weighted by atomic mass is 16.2. The van der Waals surface area contributed by atoms with Crippen LogP contribution in [0.4, 0.5) is 0 Å². The largest absolute Gasteiger partial charge is 0.359 e. The van der Waals surface area contributed by atoms with Crippen molar-refractivity contribution < 1.29 is 14.4 Å². The number of amides is 2. The van der Waals surface area contributed by atoms with Crippen LogP contribution in [-0.4, -0.2) is 73.7 Å². The molecule has 0 unspecified atom stereocenters. The fourth-order valence-corrected chi connectivity index (χ4v) is 4.22. The second-order valence-corrected chi connectivity index (χ2v) is 7.99. The molecule has 166 valence electrons. The summed E-state index contributed by atoms with van der Waals surface area (Å²) in [5.74, 6) is -1.21. The third-order valence-corrected chi connectivity index (χ3v) is 5.97. The first-order valence-corrected chi connectivity index (χ1v) is 10.7. The van der Waals surface area contributed by atoms with Crippen LogP contribution in [-0.2, 0) is 4.79 Å². The Morgan fingerprint density at radius 2 is 1.70 bits per heavy atom. The highest BCUT2D eigenvalue weighted by Gasteiger charge is 2.30. The number of Topliss-reactive ketones (excluding diaryl/α,β-unsaturated/α-hetero) is 1. The number of hydrogen-bond acceptors (Lipinski definition) is 5. The molecule has 1 aliphatic rings. The Morgan fingerprint density at radius 1 is 0.970 bits per heavy atom. The van der Waals surface area contributed by atoms with E-state index in [1.807, 2.05) is 25.1 Å². The molecule has 2 N–H and O–H groups in total. The number of aryl methyl sites for hydroxylation is 1. The van der Waals surface area contributed by atoms with E-state index < -0.39 is 11.7 Å². The Labute approximate surface area is 189 Å². The molecule has 0 aliphatic carbocycles. The number of carbonyl (C=O) groups is 3. The Balaban J connectivity index is 1.34. The summed E-state index contributed by atoms with van der Waals surface area (Å²) < 4.78 is 0. The van der Waals surface area contributed by atoms with Gasteiger partial charge in [-0.3, -0.25) is 24.5 Å². The number of benzene rings is 1. The van der Waals surface area contributed by atoms with Crippen molar-refractivity contribution >= 4 is 28.5 Å². The van der Waals surface area contributed by atoms with E-state index in [4.69, 9.17) is 0 Å². The molecule has 9 nitrogen and oxygen atoms in total. The van der Waals surface area contributed by atoms with Gasteiger partial charge < -0.3 is 14.8 Å². The van der Waals surface area contributed by atoms with Crippen LogP contribution in [0.2, 0.25) is 0 Å². The number of ketones is 1. The standard InChI is InChI=1S/C24H22N6O3/c1-15-13-25-20(18-7-8-27-28-18)21-19(15)17(14-26-21)22(31)24(33)30-11-9-29(10-12-30)23(32)16-5-3-2-4-6-16/h2-8,13-14,26H,9-12H2,1H3,(H,27,28). The van der Waals surface area contributed by atoms with E-state index in [2.05, 4.69) is 20.2 Å². The number of nitrogens with one attached hydrogen (secondary N) is 2. The van der Waals surface area contributed by atoms with Gasteiger partial charge in [-0.05, 0) is 30.7 Å². The first-order valence-electron chi connectivity index (χ1n) is 10.7. The van der Waals surface area contributed by atoms with E-state index in [-0.39, 0.29) is 5.91 Å². The fraction of sp³-hybridized carbons (Fsp3) is 0.208. The maximum Gasteiger partial charge on any atom is 0.295 e. The summed E-state index contributed by atoms with van der Waals surface area (Å²) in [6.45, 7) is 3.24. The van der Waals surface area contributed by atoms with E-state index >= 15 is 0 Å². The number of pyridine rings is 1. The van der Waals surface area contributed by atoms with Crippen molar-refractivity contribution in [1.82, 2.24) is 30.0 Å². The average Bonchev–Trinajstić information content (AvgIpc) is 3.55. The van der Waals surface area contributed by atoms with Gasteiger partial charge >= 0.3 is 0 Å². The van der Waals surface area contributed by atoms with Gasteiger partial charge in [0.05, 0.1) is 16.8 Å². The van der Waals surface area contributed by atoms with Gasteiger partial charge in [-0.1, -0.05) is 18.2 Å². The van der Waals surface area contributed by atoms with E-state index in [1.165, 1.54) is 4.90 Å². The molecular formula is C24H22N6O3. The third kappa shape index (κ3) is 3.67. The zero-order valence-corrected chi connectivity index (χ0v) is 18.0. The highest BCUT2D eigenvalue weighted by Crippen LogP contribution is 2.29. The van der Waals surface area contributed by atoms with Crippen LogP contribution in [0, 0.1) is 6.92 Å². The third-order valence-electron chi connectivity index (χ3n) is 5.97. The van der Waals surface area contributed by atoms with Crippen molar-refractivity contribution in [3.8, 4) is 11.4 Å². The summed E-state index contributed by atoms with van der Waals surface area (Å²) in [6.07, 6.45) is 4.87. The number of rotatable bonds is 4. The topological polar surface area (TPSA) is 115 Å². The number of hydrogen-bond donors (Lipinski definition) is 2. The van der Waals surface area contributed by atoms with Crippen LogP contribution in [0.1, 0.15) is 26.3 Å². The lowest BCUT2D eigenvalue weighted by Gasteiger charge is -2.34. The molecule has 4 aromatic rings. The number of H-pyrrole nitrogens is 2. The zero-order valence-electron chi connectivity index (χ0n) is 18.0. The molecule has 0 bridgehead atoms. The molecule has 3 aromatic heterocycles. The normalized spacial score (nSPS) is 14.0. The number of piperazine rings is 1. The minimum atomic E-state index is -0.575. The summed E-state index contributed by atoms with van der Waals surface area (Å²) >= 11 is 0.